The zero-order valence-electron chi connectivity index (χ0n) is 16.0. The number of nitrogens with zero attached hydrogens (tertiary/aromatic N) is 1. The first kappa shape index (κ1) is 19.8. The van der Waals surface area contributed by atoms with Crippen molar-refractivity contribution in [3.8, 4) is 10.4 Å². The minimum Gasteiger partial charge on any atom is -0.478 e. The summed E-state index contributed by atoms with van der Waals surface area (Å²) in [6, 6.07) is 14.6. The van der Waals surface area contributed by atoms with Crippen LogP contribution in [0.4, 0.5) is 5.69 Å². The third-order valence-electron chi connectivity index (χ3n) is 4.37. The highest BCUT2D eigenvalue weighted by Crippen LogP contribution is 2.34. The van der Waals surface area contributed by atoms with Crippen molar-refractivity contribution in [3.63, 3.8) is 0 Å². The van der Waals surface area contributed by atoms with Gasteiger partial charge in [-0.15, -0.1) is 11.3 Å². The average Bonchev–Trinajstić information content (AvgIpc) is 3.14. The van der Waals surface area contributed by atoms with E-state index in [-0.39, 0.29) is 17.4 Å². The minimum atomic E-state index is -1.01. The van der Waals surface area contributed by atoms with Crippen molar-refractivity contribution < 1.29 is 14.7 Å². The number of aryl methyl sites for hydroxylation is 1. The molecule has 144 valence electrons. The molecule has 1 aromatic heterocycles. The number of amides is 1. The summed E-state index contributed by atoms with van der Waals surface area (Å²) in [5.74, 6) is -1.15. The molecule has 0 aliphatic carbocycles. The van der Waals surface area contributed by atoms with Gasteiger partial charge in [0.15, 0.2) is 0 Å². The second-order valence-electron chi connectivity index (χ2n) is 6.74. The molecule has 2 aromatic carbocycles. The van der Waals surface area contributed by atoms with Gasteiger partial charge >= 0.3 is 5.97 Å². The smallest absolute Gasteiger partial charge is 0.336 e. The Morgan fingerprint density at radius 3 is 2.46 bits per heavy atom. The number of hydrogen-bond acceptors (Lipinski definition) is 4. The van der Waals surface area contributed by atoms with Crippen LogP contribution in [0.1, 0.15) is 58.1 Å². The zero-order valence-corrected chi connectivity index (χ0v) is 16.8. The molecule has 5 nitrogen and oxygen atoms in total. The van der Waals surface area contributed by atoms with E-state index in [0.717, 1.165) is 21.0 Å². The molecule has 0 atom stereocenters. The normalized spacial score (nSPS) is 10.9. The molecule has 0 bridgehead atoms. The van der Waals surface area contributed by atoms with Crippen molar-refractivity contribution in [3.05, 3.63) is 70.4 Å². The minimum absolute atomic E-state index is 0.199. The summed E-state index contributed by atoms with van der Waals surface area (Å²) >= 11 is 1.51. The highest BCUT2D eigenvalue weighted by molar-refractivity contribution is 7.15. The molecule has 2 N–H and O–H groups in total. The second kappa shape index (κ2) is 8.35. The number of nitrogens with one attached hydrogen (secondary N) is 1. The van der Waals surface area contributed by atoms with Gasteiger partial charge in [-0.3, -0.25) is 4.79 Å². The summed E-state index contributed by atoms with van der Waals surface area (Å²) in [4.78, 5) is 29.8. The second-order valence-corrected chi connectivity index (χ2v) is 7.77. The molecule has 28 heavy (non-hydrogen) atoms. The topological polar surface area (TPSA) is 79.3 Å². The SMILES string of the molecule is CCc1ccc(NC(=O)c2nc(C(C)C)sc2-c2ccccc2)cc1C(=O)O. The van der Waals surface area contributed by atoms with Gasteiger partial charge in [0, 0.05) is 11.6 Å². The highest BCUT2D eigenvalue weighted by atomic mass is 32.1. The van der Waals surface area contributed by atoms with E-state index in [0.29, 0.717) is 17.8 Å². The first-order valence-corrected chi connectivity index (χ1v) is 9.96. The fraction of sp³-hybridized carbons (Fsp3) is 0.227. The van der Waals surface area contributed by atoms with Crippen LogP contribution in [0.3, 0.4) is 0 Å². The Labute approximate surface area is 168 Å². The van der Waals surface area contributed by atoms with Gasteiger partial charge in [-0.25, -0.2) is 9.78 Å². The number of anilines is 1. The Bertz CT molecular complexity index is 1010. The van der Waals surface area contributed by atoms with E-state index in [4.69, 9.17) is 0 Å². The molecule has 3 aromatic rings. The van der Waals surface area contributed by atoms with Crippen LogP contribution in [0.2, 0.25) is 0 Å². The number of benzene rings is 2. The van der Waals surface area contributed by atoms with Crippen LogP contribution in [0.15, 0.2) is 48.5 Å². The number of carboxylic acids is 1. The number of carboxylic acid groups (broad SMARTS) is 1. The summed E-state index contributed by atoms with van der Waals surface area (Å²) < 4.78 is 0. The number of aromatic nitrogens is 1. The van der Waals surface area contributed by atoms with E-state index < -0.39 is 5.97 Å². The van der Waals surface area contributed by atoms with Gasteiger partial charge < -0.3 is 10.4 Å². The molecular formula is C22H22N2O3S. The zero-order chi connectivity index (χ0) is 20.3. The standard InChI is InChI=1S/C22H22N2O3S/c1-4-14-10-11-16(12-17(14)22(26)27)23-20(25)18-19(15-8-6-5-7-9-15)28-21(24-18)13(2)3/h5-13H,4H2,1-3H3,(H,23,25)(H,26,27). The lowest BCUT2D eigenvalue weighted by atomic mass is 10.0. The lowest BCUT2D eigenvalue weighted by Crippen LogP contribution is -2.14. The highest BCUT2D eigenvalue weighted by Gasteiger charge is 2.21. The molecule has 3 rings (SSSR count). The Hall–Kier alpha value is -2.99. The fourth-order valence-corrected chi connectivity index (χ4v) is 3.95. The van der Waals surface area contributed by atoms with E-state index in [9.17, 15) is 14.7 Å². The molecule has 1 heterocycles. The van der Waals surface area contributed by atoms with Crippen molar-refractivity contribution in [1.82, 2.24) is 4.98 Å². The maximum absolute atomic E-state index is 13.0. The van der Waals surface area contributed by atoms with Crippen LogP contribution >= 0.6 is 11.3 Å². The number of aromatic carboxylic acids is 1. The summed E-state index contributed by atoms with van der Waals surface area (Å²) in [5.41, 5.74) is 2.66. The van der Waals surface area contributed by atoms with Gasteiger partial charge in [0.25, 0.3) is 5.91 Å². The number of hydrogen-bond donors (Lipinski definition) is 2. The van der Waals surface area contributed by atoms with Gasteiger partial charge in [-0.1, -0.05) is 57.2 Å². The van der Waals surface area contributed by atoms with E-state index in [2.05, 4.69) is 10.3 Å². The quantitative estimate of drug-likeness (QED) is 0.583. The van der Waals surface area contributed by atoms with E-state index in [1.807, 2.05) is 51.1 Å². The van der Waals surface area contributed by atoms with Crippen LogP contribution in [-0.2, 0) is 6.42 Å². The third kappa shape index (κ3) is 4.12. The largest absolute Gasteiger partial charge is 0.478 e. The summed E-state index contributed by atoms with van der Waals surface area (Å²) in [6.45, 7) is 5.98. The average molecular weight is 394 g/mol. The van der Waals surface area contributed by atoms with E-state index in [1.54, 1.807) is 12.1 Å². The number of rotatable bonds is 6. The maximum Gasteiger partial charge on any atom is 0.336 e. The summed E-state index contributed by atoms with van der Waals surface area (Å²) in [7, 11) is 0. The van der Waals surface area contributed by atoms with Crippen LogP contribution < -0.4 is 5.32 Å². The molecule has 0 aliphatic heterocycles. The summed E-state index contributed by atoms with van der Waals surface area (Å²) in [5, 5.41) is 13.1. The molecule has 0 saturated heterocycles. The predicted octanol–water partition coefficient (Wildman–Crippen LogP) is 5.45. The number of carbonyl (C=O) groups excluding carboxylic acids is 1. The molecule has 0 fully saturated rings. The van der Waals surface area contributed by atoms with Gasteiger partial charge in [0.1, 0.15) is 5.69 Å². The van der Waals surface area contributed by atoms with Gasteiger partial charge in [0.2, 0.25) is 0 Å². The van der Waals surface area contributed by atoms with Crippen molar-refractivity contribution in [1.29, 1.82) is 0 Å². The molecule has 1 amide bonds. The molecule has 0 unspecified atom stereocenters. The molecular weight excluding hydrogens is 372 g/mol. The van der Waals surface area contributed by atoms with Crippen LogP contribution in [0.25, 0.3) is 10.4 Å². The predicted molar refractivity (Wildman–Crippen MR) is 112 cm³/mol. The third-order valence-corrected chi connectivity index (χ3v) is 5.77. The van der Waals surface area contributed by atoms with Crippen molar-refractivity contribution >= 4 is 28.9 Å². The van der Waals surface area contributed by atoms with Gasteiger partial charge in [-0.2, -0.15) is 0 Å². The Kier molecular flexibility index (Phi) is 5.90. The Balaban J connectivity index is 1.97. The summed E-state index contributed by atoms with van der Waals surface area (Å²) in [6.07, 6.45) is 0.609. The van der Waals surface area contributed by atoms with E-state index in [1.165, 1.54) is 17.4 Å². The monoisotopic (exact) mass is 394 g/mol. The van der Waals surface area contributed by atoms with Crippen molar-refractivity contribution in [2.24, 2.45) is 0 Å². The Morgan fingerprint density at radius 1 is 1.14 bits per heavy atom. The molecule has 0 aliphatic rings. The number of carbonyl (C=O) groups is 2. The molecule has 0 spiro atoms. The van der Waals surface area contributed by atoms with Crippen LogP contribution in [0, 0.1) is 0 Å². The van der Waals surface area contributed by atoms with Gasteiger partial charge in [-0.05, 0) is 29.7 Å². The molecule has 0 radical (unpaired) electrons. The lowest BCUT2D eigenvalue weighted by Gasteiger charge is -2.09. The first-order chi connectivity index (χ1) is 13.4. The van der Waals surface area contributed by atoms with Crippen molar-refractivity contribution in [2.45, 2.75) is 33.1 Å². The van der Waals surface area contributed by atoms with Crippen LogP contribution in [0.5, 0.6) is 0 Å². The molecule has 0 saturated carbocycles. The number of thiazole rings is 1. The maximum atomic E-state index is 13.0. The van der Waals surface area contributed by atoms with Crippen molar-refractivity contribution in [2.75, 3.05) is 5.32 Å². The van der Waals surface area contributed by atoms with E-state index >= 15 is 0 Å². The lowest BCUT2D eigenvalue weighted by molar-refractivity contribution is 0.0695. The first-order valence-electron chi connectivity index (χ1n) is 9.14. The van der Waals surface area contributed by atoms with Gasteiger partial charge in [0.05, 0.1) is 15.4 Å². The Morgan fingerprint density at radius 2 is 1.86 bits per heavy atom. The fourth-order valence-electron chi connectivity index (χ4n) is 2.87. The van der Waals surface area contributed by atoms with Crippen LogP contribution in [-0.4, -0.2) is 22.0 Å². The molecule has 6 heteroatoms.